The summed E-state index contributed by atoms with van der Waals surface area (Å²) in [5, 5.41) is 2.35. The molecule has 0 saturated carbocycles. The first-order chi connectivity index (χ1) is 14.2. The molecule has 0 unspecified atom stereocenters. The number of carbonyl (C=O) groups excluding carboxylic acids is 2. The van der Waals surface area contributed by atoms with Gasteiger partial charge in [-0.1, -0.05) is 31.9 Å². The second kappa shape index (κ2) is 11.6. The van der Waals surface area contributed by atoms with Crippen molar-refractivity contribution in [2.24, 2.45) is 0 Å². The van der Waals surface area contributed by atoms with Gasteiger partial charge >= 0.3 is 0 Å². The Hall–Kier alpha value is -1.69. The minimum absolute atomic E-state index is 0.0644. The van der Waals surface area contributed by atoms with Crippen LogP contribution in [0.25, 0.3) is 0 Å². The van der Waals surface area contributed by atoms with E-state index >= 15 is 0 Å². The van der Waals surface area contributed by atoms with Crippen LogP contribution in [-0.4, -0.2) is 30.1 Å². The molecule has 30 heavy (non-hydrogen) atoms. The largest absolute Gasteiger partial charge is 0.483 e. The zero-order chi connectivity index (χ0) is 22.3. The molecular formula is C19H18Br3N3O4S. The Morgan fingerprint density at radius 3 is 2.23 bits per heavy atom. The number of hydrogen-bond acceptors (Lipinski definition) is 5. The quantitative estimate of drug-likeness (QED) is 0.332. The van der Waals surface area contributed by atoms with E-state index in [2.05, 4.69) is 64.0 Å². The maximum Gasteiger partial charge on any atom is 0.276 e. The SMILES string of the molecule is Cc1cc(Br)ccc1OCC(=O)NC(=S)NNC(=O)COc1c(C)cc(Br)cc1Br. The number of nitrogens with one attached hydrogen (secondary N) is 3. The van der Waals surface area contributed by atoms with E-state index in [9.17, 15) is 9.59 Å². The molecule has 0 radical (unpaired) electrons. The van der Waals surface area contributed by atoms with Crippen LogP contribution >= 0.6 is 60.0 Å². The van der Waals surface area contributed by atoms with E-state index < -0.39 is 11.8 Å². The van der Waals surface area contributed by atoms with Gasteiger partial charge in [-0.15, -0.1) is 0 Å². The number of carbonyl (C=O) groups is 2. The van der Waals surface area contributed by atoms with Crippen LogP contribution in [0.15, 0.2) is 43.7 Å². The highest BCUT2D eigenvalue weighted by Crippen LogP contribution is 2.32. The number of rotatable bonds is 6. The summed E-state index contributed by atoms with van der Waals surface area (Å²) >= 11 is 15.1. The number of ether oxygens (including phenoxy) is 2. The molecule has 0 spiro atoms. The summed E-state index contributed by atoms with van der Waals surface area (Å²) in [7, 11) is 0. The fourth-order valence-corrected chi connectivity index (χ4v) is 4.48. The standard InChI is InChI=1S/C19H18Br3N3O4S/c1-10-5-12(20)3-4-15(10)28-8-16(26)23-19(30)25-24-17(27)9-29-18-11(2)6-13(21)7-14(18)22/h3-7H,8-9H2,1-2H3,(H,24,27)(H2,23,25,26,30). The van der Waals surface area contributed by atoms with Gasteiger partial charge in [0.1, 0.15) is 11.5 Å². The number of aryl methyl sites for hydroxylation is 2. The van der Waals surface area contributed by atoms with E-state index in [1.165, 1.54) is 0 Å². The first-order valence-corrected chi connectivity index (χ1v) is 11.3. The van der Waals surface area contributed by atoms with Gasteiger partial charge in [-0.2, -0.15) is 0 Å². The molecule has 0 aliphatic heterocycles. The molecule has 0 aromatic heterocycles. The van der Waals surface area contributed by atoms with Crippen molar-refractivity contribution in [1.82, 2.24) is 16.2 Å². The number of benzene rings is 2. The van der Waals surface area contributed by atoms with Crippen molar-refractivity contribution >= 4 is 76.9 Å². The van der Waals surface area contributed by atoms with Crippen molar-refractivity contribution in [3.8, 4) is 11.5 Å². The molecule has 160 valence electrons. The number of thiocarbonyl (C=S) groups is 1. The lowest BCUT2D eigenvalue weighted by Crippen LogP contribution is -2.50. The molecule has 0 aliphatic carbocycles. The molecule has 2 rings (SSSR count). The molecule has 2 aromatic carbocycles. The molecule has 0 atom stereocenters. The highest BCUT2D eigenvalue weighted by molar-refractivity contribution is 9.11. The van der Waals surface area contributed by atoms with Crippen LogP contribution < -0.4 is 25.6 Å². The molecule has 7 nitrogen and oxygen atoms in total. The lowest BCUT2D eigenvalue weighted by Gasteiger charge is -2.14. The van der Waals surface area contributed by atoms with Crippen molar-refractivity contribution in [3.63, 3.8) is 0 Å². The molecule has 2 aromatic rings. The summed E-state index contributed by atoms with van der Waals surface area (Å²) in [5.74, 6) is 0.217. The van der Waals surface area contributed by atoms with Crippen LogP contribution in [0, 0.1) is 13.8 Å². The summed E-state index contributed by atoms with van der Waals surface area (Å²) in [6.07, 6.45) is 0. The number of hydrogen-bond donors (Lipinski definition) is 3. The smallest absolute Gasteiger partial charge is 0.276 e. The molecule has 0 bridgehead atoms. The van der Waals surface area contributed by atoms with Crippen molar-refractivity contribution in [3.05, 3.63) is 54.9 Å². The van der Waals surface area contributed by atoms with Crippen LogP contribution in [-0.2, 0) is 9.59 Å². The zero-order valence-electron chi connectivity index (χ0n) is 16.0. The Kier molecular flexibility index (Phi) is 9.53. The zero-order valence-corrected chi connectivity index (χ0v) is 21.6. The number of hydrazine groups is 1. The van der Waals surface area contributed by atoms with Crippen molar-refractivity contribution in [2.45, 2.75) is 13.8 Å². The average Bonchev–Trinajstić information content (AvgIpc) is 2.64. The summed E-state index contributed by atoms with van der Waals surface area (Å²) in [6, 6.07) is 9.15. The van der Waals surface area contributed by atoms with Crippen molar-refractivity contribution in [2.75, 3.05) is 13.2 Å². The molecular weight excluding hydrogens is 606 g/mol. The second-order valence-electron chi connectivity index (χ2n) is 6.07. The maximum atomic E-state index is 11.9. The average molecular weight is 624 g/mol. The predicted octanol–water partition coefficient (Wildman–Crippen LogP) is 4.07. The number of halogens is 3. The maximum absolute atomic E-state index is 11.9. The third-order valence-electron chi connectivity index (χ3n) is 3.61. The van der Waals surface area contributed by atoms with Crippen molar-refractivity contribution in [1.29, 1.82) is 0 Å². The summed E-state index contributed by atoms with van der Waals surface area (Å²) in [6.45, 7) is 3.27. The molecule has 0 heterocycles. The van der Waals surface area contributed by atoms with Gasteiger partial charge in [0, 0.05) is 8.95 Å². The highest BCUT2D eigenvalue weighted by Gasteiger charge is 2.11. The Morgan fingerprint density at radius 1 is 0.900 bits per heavy atom. The minimum Gasteiger partial charge on any atom is -0.483 e. The Balaban J connectivity index is 1.72. The summed E-state index contributed by atoms with van der Waals surface area (Å²) < 4.78 is 13.5. The lowest BCUT2D eigenvalue weighted by molar-refractivity contribution is -0.124. The van der Waals surface area contributed by atoms with Gasteiger partial charge < -0.3 is 9.47 Å². The first-order valence-electron chi connectivity index (χ1n) is 8.51. The molecule has 0 aliphatic rings. The third kappa shape index (κ3) is 7.86. The van der Waals surface area contributed by atoms with Gasteiger partial charge in [0.15, 0.2) is 18.3 Å². The number of amides is 2. The van der Waals surface area contributed by atoms with E-state index in [4.69, 9.17) is 21.7 Å². The lowest BCUT2D eigenvalue weighted by atomic mass is 10.2. The van der Waals surface area contributed by atoms with Crippen molar-refractivity contribution < 1.29 is 19.1 Å². The molecule has 2 amide bonds. The van der Waals surface area contributed by atoms with Gasteiger partial charge in [0.2, 0.25) is 0 Å². The van der Waals surface area contributed by atoms with Crippen LogP contribution in [0.1, 0.15) is 11.1 Å². The highest BCUT2D eigenvalue weighted by atomic mass is 79.9. The summed E-state index contributed by atoms with van der Waals surface area (Å²) in [4.78, 5) is 23.9. The van der Waals surface area contributed by atoms with Crippen LogP contribution in [0.4, 0.5) is 0 Å². The fraction of sp³-hybridized carbons (Fsp3) is 0.211. The van der Waals surface area contributed by atoms with E-state index in [-0.39, 0.29) is 18.3 Å². The minimum atomic E-state index is -0.470. The monoisotopic (exact) mass is 621 g/mol. The van der Waals surface area contributed by atoms with Crippen LogP contribution in [0.5, 0.6) is 11.5 Å². The molecule has 0 saturated heterocycles. The van der Waals surface area contributed by atoms with E-state index in [0.29, 0.717) is 11.5 Å². The fourth-order valence-electron chi connectivity index (χ4n) is 2.28. The van der Waals surface area contributed by atoms with Crippen LogP contribution in [0.3, 0.4) is 0 Å². The van der Waals surface area contributed by atoms with Gasteiger partial charge in [-0.05, 0) is 83.5 Å². The van der Waals surface area contributed by atoms with Gasteiger partial charge in [0.05, 0.1) is 4.47 Å². The Labute approximate surface area is 204 Å². The van der Waals surface area contributed by atoms with E-state index in [1.807, 2.05) is 38.1 Å². The molecule has 3 N–H and O–H groups in total. The molecule has 11 heteroatoms. The topological polar surface area (TPSA) is 88.7 Å². The third-order valence-corrected chi connectivity index (χ3v) is 5.35. The first kappa shape index (κ1) is 24.6. The Morgan fingerprint density at radius 2 is 1.57 bits per heavy atom. The van der Waals surface area contributed by atoms with Gasteiger partial charge in [0.25, 0.3) is 11.8 Å². The summed E-state index contributed by atoms with van der Waals surface area (Å²) in [5.41, 5.74) is 6.55. The van der Waals surface area contributed by atoms with Crippen LogP contribution in [0.2, 0.25) is 0 Å². The normalized spacial score (nSPS) is 10.2. The van der Waals surface area contributed by atoms with E-state index in [1.54, 1.807) is 6.07 Å². The van der Waals surface area contributed by atoms with Gasteiger partial charge in [-0.25, -0.2) is 0 Å². The predicted molar refractivity (Wildman–Crippen MR) is 128 cm³/mol. The Bertz CT molecular complexity index is 949. The van der Waals surface area contributed by atoms with E-state index in [0.717, 1.165) is 24.5 Å². The second-order valence-corrected chi connectivity index (χ2v) is 9.17. The van der Waals surface area contributed by atoms with Gasteiger partial charge in [-0.3, -0.25) is 25.8 Å². The molecule has 0 fully saturated rings.